The van der Waals surface area contributed by atoms with Crippen molar-refractivity contribution in [3.63, 3.8) is 0 Å². The first-order valence-electron chi connectivity index (χ1n) is 10.7. The third kappa shape index (κ3) is 6.39. The van der Waals surface area contributed by atoms with E-state index in [0.29, 0.717) is 11.8 Å². The Kier molecular flexibility index (Phi) is 9.34. The van der Waals surface area contributed by atoms with Crippen LogP contribution >= 0.6 is 34.8 Å². The fourth-order valence-electron chi connectivity index (χ4n) is 4.19. The van der Waals surface area contributed by atoms with Crippen LogP contribution in [0.3, 0.4) is 0 Å². The lowest BCUT2D eigenvalue weighted by atomic mass is 9.78. The molecule has 180 valence electrons. The topological polar surface area (TPSA) is 87.1 Å². The van der Waals surface area contributed by atoms with Gasteiger partial charge in [0.05, 0.1) is 12.2 Å². The summed E-state index contributed by atoms with van der Waals surface area (Å²) in [7, 11) is 0. The van der Waals surface area contributed by atoms with Crippen LogP contribution in [0.25, 0.3) is 0 Å². The van der Waals surface area contributed by atoms with Gasteiger partial charge in [0.15, 0.2) is 12.4 Å². The first-order valence-corrected chi connectivity index (χ1v) is 11.9. The predicted octanol–water partition coefficient (Wildman–Crippen LogP) is 5.09. The smallest absolute Gasteiger partial charge is 0.303 e. The second-order valence-electron chi connectivity index (χ2n) is 8.72. The maximum atomic E-state index is 11.9. The van der Waals surface area contributed by atoms with E-state index < -0.39 is 40.4 Å². The summed E-state index contributed by atoms with van der Waals surface area (Å²) in [5.41, 5.74) is 0. The average molecular weight is 503 g/mol. The molecule has 0 aliphatic carbocycles. The lowest BCUT2D eigenvalue weighted by Crippen LogP contribution is -2.59. The van der Waals surface area contributed by atoms with E-state index in [1.807, 2.05) is 13.8 Å². The molecule has 31 heavy (non-hydrogen) atoms. The second-order valence-corrected chi connectivity index (χ2v) is 11.0. The number of ether oxygens (including phenoxy) is 5. The second kappa shape index (κ2) is 10.7. The number of hydrogen-bond donors (Lipinski definition) is 1. The van der Waals surface area contributed by atoms with Gasteiger partial charge in [0.1, 0.15) is 6.10 Å². The Bertz CT molecular complexity index is 643. The van der Waals surface area contributed by atoms with Gasteiger partial charge in [-0.25, -0.2) is 0 Å². The van der Waals surface area contributed by atoms with Gasteiger partial charge in [-0.3, -0.25) is 10.2 Å². The molecule has 0 bridgehead atoms. The Labute approximate surface area is 199 Å². The monoisotopic (exact) mass is 501 g/mol. The van der Waals surface area contributed by atoms with Gasteiger partial charge >= 0.3 is 5.97 Å². The molecule has 7 nitrogen and oxygen atoms in total. The third-order valence-electron chi connectivity index (χ3n) is 6.67. The average Bonchev–Trinajstić information content (AvgIpc) is 2.67. The molecule has 0 radical (unpaired) electrons. The Morgan fingerprint density at radius 2 is 1.52 bits per heavy atom. The van der Waals surface area contributed by atoms with Crippen LogP contribution in [0.1, 0.15) is 54.9 Å². The van der Waals surface area contributed by atoms with Crippen molar-refractivity contribution in [2.75, 3.05) is 0 Å². The van der Waals surface area contributed by atoms with Crippen LogP contribution in [-0.4, -0.2) is 52.7 Å². The van der Waals surface area contributed by atoms with Crippen LogP contribution < -0.4 is 0 Å². The number of carbonyl (C=O) groups is 1. The highest BCUT2D eigenvalue weighted by atomic mass is 35.6. The summed E-state index contributed by atoms with van der Waals surface area (Å²) in [6, 6.07) is 0. The Hall–Kier alpha value is -0.310. The number of carbonyl (C=O) groups excluding carboxylic acids is 1. The highest BCUT2D eigenvalue weighted by molar-refractivity contribution is 6.76. The molecule has 10 atom stereocenters. The Balaban J connectivity index is 2.30. The molecule has 0 spiro atoms. The molecule has 2 aliphatic heterocycles. The molecule has 0 amide bonds. The number of rotatable bonds is 5. The minimum atomic E-state index is -2.08. The van der Waals surface area contributed by atoms with Crippen LogP contribution in [0.15, 0.2) is 0 Å². The molecule has 2 rings (SSSR count). The standard InChI is InChI=1S/C21H34Cl3NO6/c1-8-15-10(3)9(2)11(4)18(29-15)30-16-12(5)13(6)27-19(17(16)28-14(7)26)31-20(25)21(22,23)24/h9-13,15-19,25H,8H2,1-7H3/t9-,10-,11?,12-,13?,15?,16-,17?,18-,19?/m0/s1. The van der Waals surface area contributed by atoms with Gasteiger partial charge in [-0.2, -0.15) is 0 Å². The van der Waals surface area contributed by atoms with Gasteiger partial charge in [-0.15, -0.1) is 0 Å². The Morgan fingerprint density at radius 1 is 0.903 bits per heavy atom. The van der Waals surface area contributed by atoms with Gasteiger partial charge < -0.3 is 23.7 Å². The highest BCUT2D eigenvalue weighted by Crippen LogP contribution is 2.40. The highest BCUT2D eigenvalue weighted by Gasteiger charge is 2.50. The molecule has 10 heteroatoms. The van der Waals surface area contributed by atoms with Crippen molar-refractivity contribution in [3.05, 3.63) is 0 Å². The van der Waals surface area contributed by atoms with Crippen molar-refractivity contribution in [1.82, 2.24) is 0 Å². The summed E-state index contributed by atoms with van der Waals surface area (Å²) in [5, 5.41) is 7.91. The van der Waals surface area contributed by atoms with E-state index in [1.165, 1.54) is 6.92 Å². The molecule has 1 N–H and O–H groups in total. The predicted molar refractivity (Wildman–Crippen MR) is 119 cm³/mol. The van der Waals surface area contributed by atoms with Crippen molar-refractivity contribution in [1.29, 1.82) is 5.41 Å². The van der Waals surface area contributed by atoms with Gasteiger partial charge in [0, 0.05) is 18.8 Å². The zero-order valence-electron chi connectivity index (χ0n) is 19.1. The van der Waals surface area contributed by atoms with Crippen molar-refractivity contribution < 1.29 is 28.5 Å². The summed E-state index contributed by atoms with van der Waals surface area (Å²) in [6.45, 7) is 13.7. The first kappa shape index (κ1) is 26.9. The van der Waals surface area contributed by atoms with E-state index in [1.54, 1.807) is 0 Å². The fraction of sp³-hybridized carbons (Fsp3) is 0.905. The maximum absolute atomic E-state index is 11.9. The van der Waals surface area contributed by atoms with Crippen LogP contribution in [0.5, 0.6) is 0 Å². The van der Waals surface area contributed by atoms with Crippen LogP contribution in [0.4, 0.5) is 0 Å². The van der Waals surface area contributed by atoms with Crippen molar-refractivity contribution in [2.24, 2.45) is 23.7 Å². The first-order chi connectivity index (χ1) is 14.3. The molecule has 0 aromatic rings. The molecule has 2 aliphatic rings. The van der Waals surface area contributed by atoms with Crippen LogP contribution in [0.2, 0.25) is 0 Å². The molecule has 2 saturated heterocycles. The third-order valence-corrected chi connectivity index (χ3v) is 7.18. The van der Waals surface area contributed by atoms with Crippen molar-refractivity contribution >= 4 is 46.7 Å². The van der Waals surface area contributed by atoms with Gasteiger partial charge in [0.2, 0.25) is 12.2 Å². The van der Waals surface area contributed by atoms with E-state index in [0.717, 1.165) is 6.42 Å². The van der Waals surface area contributed by atoms with Gasteiger partial charge in [0.25, 0.3) is 3.79 Å². The lowest BCUT2D eigenvalue weighted by Gasteiger charge is -2.48. The molecular weight excluding hydrogens is 469 g/mol. The Morgan fingerprint density at radius 3 is 2.03 bits per heavy atom. The fourth-order valence-corrected chi connectivity index (χ4v) is 4.33. The zero-order chi connectivity index (χ0) is 23.7. The number of alkyl halides is 3. The van der Waals surface area contributed by atoms with Crippen molar-refractivity contribution in [3.8, 4) is 0 Å². The molecule has 2 heterocycles. The number of nitrogens with one attached hydrogen (secondary N) is 1. The molecule has 0 aromatic carbocycles. The number of halogens is 3. The van der Waals surface area contributed by atoms with E-state index in [2.05, 4.69) is 27.7 Å². The summed E-state index contributed by atoms with van der Waals surface area (Å²) in [6.07, 6.45) is -2.62. The molecule has 2 fully saturated rings. The normalized spacial score (nSPS) is 41.5. The molecule has 0 saturated carbocycles. The lowest BCUT2D eigenvalue weighted by molar-refractivity contribution is -0.324. The minimum absolute atomic E-state index is 0.0699. The van der Waals surface area contributed by atoms with E-state index in [-0.39, 0.29) is 24.0 Å². The van der Waals surface area contributed by atoms with E-state index in [4.69, 9.17) is 63.9 Å². The summed E-state index contributed by atoms with van der Waals surface area (Å²) < 4.78 is 27.6. The SMILES string of the molecule is CCC1O[C@@H](O[C@@H]2C(OC(C)=O)C(OC(=N)C(Cl)(Cl)Cl)OC(C)[C@@H]2C)C(C)[C@@H](C)[C@@H]1C. The van der Waals surface area contributed by atoms with Gasteiger partial charge in [-0.05, 0) is 25.2 Å². The minimum Gasteiger partial charge on any atom is -0.453 e. The van der Waals surface area contributed by atoms with E-state index >= 15 is 0 Å². The van der Waals surface area contributed by atoms with Crippen LogP contribution in [-0.2, 0) is 28.5 Å². The summed E-state index contributed by atoms with van der Waals surface area (Å²) in [4.78, 5) is 11.9. The zero-order valence-corrected chi connectivity index (χ0v) is 21.3. The number of hydrogen-bond acceptors (Lipinski definition) is 7. The maximum Gasteiger partial charge on any atom is 0.303 e. The molecular formula is C21H34Cl3NO6. The molecule has 0 aromatic heterocycles. The number of esters is 1. The van der Waals surface area contributed by atoms with Crippen LogP contribution in [0, 0.1) is 29.1 Å². The summed E-state index contributed by atoms with van der Waals surface area (Å²) >= 11 is 17.3. The largest absolute Gasteiger partial charge is 0.453 e. The quantitative estimate of drug-likeness (QED) is 0.244. The molecule has 5 unspecified atom stereocenters. The summed E-state index contributed by atoms with van der Waals surface area (Å²) in [5.74, 6) is -0.416. The van der Waals surface area contributed by atoms with Crippen molar-refractivity contribution in [2.45, 2.75) is 95.7 Å². The van der Waals surface area contributed by atoms with Gasteiger partial charge in [-0.1, -0.05) is 69.4 Å². The van der Waals surface area contributed by atoms with E-state index in [9.17, 15) is 4.79 Å².